The summed E-state index contributed by atoms with van der Waals surface area (Å²) in [5.41, 5.74) is 13.9. The van der Waals surface area contributed by atoms with E-state index in [0.717, 1.165) is 5.56 Å². The summed E-state index contributed by atoms with van der Waals surface area (Å²) in [6.45, 7) is 0. The molecule has 0 heterocycles. The van der Waals surface area contributed by atoms with E-state index in [0.29, 0.717) is 17.2 Å². The fourth-order valence-corrected chi connectivity index (χ4v) is 1.39. The summed E-state index contributed by atoms with van der Waals surface area (Å²) in [6, 6.07) is 17.0. The van der Waals surface area contributed by atoms with Gasteiger partial charge in [-0.3, -0.25) is 0 Å². The van der Waals surface area contributed by atoms with Crippen LogP contribution in [0.5, 0.6) is 0 Å². The Morgan fingerprint density at radius 1 is 0.875 bits per heavy atom. The van der Waals surface area contributed by atoms with Gasteiger partial charge in [0.2, 0.25) is 0 Å². The van der Waals surface area contributed by atoms with Crippen molar-refractivity contribution in [2.24, 2.45) is 10.7 Å². The van der Waals surface area contributed by atoms with Crippen molar-refractivity contribution in [3.05, 3.63) is 60.2 Å². The zero-order valence-electron chi connectivity index (χ0n) is 8.80. The lowest BCUT2D eigenvalue weighted by molar-refractivity contribution is 1.45. The Kier molecular flexibility index (Phi) is 2.87. The Balaban J connectivity index is 2.36. The average Bonchev–Trinajstić information content (AvgIpc) is 2.33. The molecule has 4 N–H and O–H groups in total. The Bertz CT molecular complexity index is 504. The van der Waals surface area contributed by atoms with E-state index < -0.39 is 0 Å². The van der Waals surface area contributed by atoms with Gasteiger partial charge in [0, 0.05) is 5.56 Å². The number of amidine groups is 1. The molecule has 0 aromatic heterocycles. The van der Waals surface area contributed by atoms with Crippen LogP contribution in [0.4, 0.5) is 11.4 Å². The van der Waals surface area contributed by atoms with Crippen LogP contribution in [0.2, 0.25) is 0 Å². The second-order valence-electron chi connectivity index (χ2n) is 3.42. The van der Waals surface area contributed by atoms with Crippen LogP contribution >= 0.6 is 0 Å². The number of para-hydroxylation sites is 2. The zero-order valence-corrected chi connectivity index (χ0v) is 8.80. The van der Waals surface area contributed by atoms with Gasteiger partial charge in [0.25, 0.3) is 0 Å². The molecule has 80 valence electrons. The highest BCUT2D eigenvalue weighted by atomic mass is 14.9. The second kappa shape index (κ2) is 4.49. The summed E-state index contributed by atoms with van der Waals surface area (Å²) in [7, 11) is 0. The summed E-state index contributed by atoms with van der Waals surface area (Å²) in [5.74, 6) is 0.471. The number of nitrogen functional groups attached to an aromatic ring is 1. The Morgan fingerprint density at radius 3 is 2.19 bits per heavy atom. The molecule has 0 aliphatic heterocycles. The largest absolute Gasteiger partial charge is 0.397 e. The fourth-order valence-electron chi connectivity index (χ4n) is 1.39. The molecule has 2 aromatic carbocycles. The topological polar surface area (TPSA) is 64.4 Å². The number of anilines is 1. The highest BCUT2D eigenvalue weighted by molar-refractivity contribution is 5.99. The zero-order chi connectivity index (χ0) is 11.4. The van der Waals surface area contributed by atoms with Gasteiger partial charge in [0.1, 0.15) is 5.84 Å². The Morgan fingerprint density at radius 2 is 1.50 bits per heavy atom. The minimum Gasteiger partial charge on any atom is -0.397 e. The van der Waals surface area contributed by atoms with E-state index in [1.807, 2.05) is 48.5 Å². The third-order valence-electron chi connectivity index (χ3n) is 2.25. The molecule has 0 unspecified atom stereocenters. The predicted molar refractivity (Wildman–Crippen MR) is 67.7 cm³/mol. The summed E-state index contributed by atoms with van der Waals surface area (Å²) in [6.07, 6.45) is 0. The van der Waals surface area contributed by atoms with Crippen molar-refractivity contribution >= 4 is 17.2 Å². The average molecular weight is 211 g/mol. The first-order chi connectivity index (χ1) is 7.77. The molecule has 0 fully saturated rings. The fraction of sp³-hybridized carbons (Fsp3) is 0. The molecular formula is C13H13N3. The SMILES string of the molecule is NC(=Nc1ccccc1N)c1ccccc1. The van der Waals surface area contributed by atoms with Crippen LogP contribution in [0.3, 0.4) is 0 Å². The smallest absolute Gasteiger partial charge is 0.131 e. The molecule has 0 amide bonds. The van der Waals surface area contributed by atoms with Gasteiger partial charge in [0.05, 0.1) is 11.4 Å². The van der Waals surface area contributed by atoms with E-state index in [1.54, 1.807) is 6.07 Å². The number of aliphatic imine (C=N–C) groups is 1. The van der Waals surface area contributed by atoms with E-state index in [-0.39, 0.29) is 0 Å². The van der Waals surface area contributed by atoms with Gasteiger partial charge in [-0.2, -0.15) is 0 Å². The normalized spacial score (nSPS) is 11.4. The molecule has 0 spiro atoms. The van der Waals surface area contributed by atoms with E-state index >= 15 is 0 Å². The quantitative estimate of drug-likeness (QED) is 0.455. The summed E-state index contributed by atoms with van der Waals surface area (Å²) in [4.78, 5) is 4.30. The maximum absolute atomic E-state index is 5.89. The highest BCUT2D eigenvalue weighted by Crippen LogP contribution is 2.20. The van der Waals surface area contributed by atoms with Crippen molar-refractivity contribution < 1.29 is 0 Å². The van der Waals surface area contributed by atoms with Gasteiger partial charge >= 0.3 is 0 Å². The van der Waals surface area contributed by atoms with Crippen LogP contribution in [0.15, 0.2) is 59.6 Å². The van der Waals surface area contributed by atoms with Gasteiger partial charge in [0.15, 0.2) is 0 Å². The summed E-state index contributed by atoms with van der Waals surface area (Å²) < 4.78 is 0. The number of hydrogen-bond donors (Lipinski definition) is 2. The van der Waals surface area contributed by atoms with Crippen molar-refractivity contribution in [1.29, 1.82) is 0 Å². The van der Waals surface area contributed by atoms with E-state index in [4.69, 9.17) is 11.5 Å². The van der Waals surface area contributed by atoms with Gasteiger partial charge in [-0.1, -0.05) is 42.5 Å². The molecule has 0 aliphatic carbocycles. The van der Waals surface area contributed by atoms with Crippen molar-refractivity contribution in [2.75, 3.05) is 5.73 Å². The maximum atomic E-state index is 5.89. The van der Waals surface area contributed by atoms with Crippen molar-refractivity contribution in [3.8, 4) is 0 Å². The first-order valence-corrected chi connectivity index (χ1v) is 5.01. The molecule has 3 heteroatoms. The van der Waals surface area contributed by atoms with Gasteiger partial charge in [-0.05, 0) is 12.1 Å². The monoisotopic (exact) mass is 211 g/mol. The Hall–Kier alpha value is -2.29. The van der Waals surface area contributed by atoms with Crippen LogP contribution in [0.1, 0.15) is 5.56 Å². The number of hydrogen-bond acceptors (Lipinski definition) is 2. The molecule has 16 heavy (non-hydrogen) atoms. The molecular weight excluding hydrogens is 198 g/mol. The predicted octanol–water partition coefficient (Wildman–Crippen LogP) is 2.31. The second-order valence-corrected chi connectivity index (χ2v) is 3.42. The minimum atomic E-state index is 0.471. The lowest BCUT2D eigenvalue weighted by Crippen LogP contribution is -2.12. The first kappa shape index (κ1) is 10.2. The third-order valence-corrected chi connectivity index (χ3v) is 2.25. The van der Waals surface area contributed by atoms with Crippen LogP contribution in [0.25, 0.3) is 0 Å². The third kappa shape index (κ3) is 2.20. The summed E-state index contributed by atoms with van der Waals surface area (Å²) in [5, 5.41) is 0. The van der Waals surface area contributed by atoms with Gasteiger partial charge in [-0.25, -0.2) is 4.99 Å². The standard InChI is InChI=1S/C13H13N3/c14-11-8-4-5-9-12(11)16-13(15)10-6-2-1-3-7-10/h1-9H,14H2,(H2,15,16). The van der Waals surface area contributed by atoms with Crippen molar-refractivity contribution in [3.63, 3.8) is 0 Å². The number of benzene rings is 2. The number of nitrogens with zero attached hydrogens (tertiary/aromatic N) is 1. The van der Waals surface area contributed by atoms with Crippen LogP contribution in [-0.2, 0) is 0 Å². The molecule has 0 aliphatic rings. The van der Waals surface area contributed by atoms with Gasteiger partial charge < -0.3 is 11.5 Å². The Labute approximate surface area is 94.4 Å². The molecule has 0 radical (unpaired) electrons. The van der Waals surface area contributed by atoms with E-state index in [1.165, 1.54) is 0 Å². The maximum Gasteiger partial charge on any atom is 0.131 e. The lowest BCUT2D eigenvalue weighted by atomic mass is 10.2. The molecule has 0 atom stereocenters. The molecule has 3 nitrogen and oxygen atoms in total. The van der Waals surface area contributed by atoms with Crippen LogP contribution in [-0.4, -0.2) is 5.84 Å². The highest BCUT2D eigenvalue weighted by Gasteiger charge is 1.99. The molecule has 2 rings (SSSR count). The summed E-state index contributed by atoms with van der Waals surface area (Å²) >= 11 is 0. The molecule has 2 aromatic rings. The van der Waals surface area contributed by atoms with E-state index in [2.05, 4.69) is 4.99 Å². The molecule has 0 saturated heterocycles. The van der Waals surface area contributed by atoms with Crippen LogP contribution in [0, 0.1) is 0 Å². The number of rotatable bonds is 2. The lowest BCUT2D eigenvalue weighted by Gasteiger charge is -2.02. The molecule has 0 saturated carbocycles. The molecule has 0 bridgehead atoms. The number of nitrogens with two attached hydrogens (primary N) is 2. The first-order valence-electron chi connectivity index (χ1n) is 5.01. The van der Waals surface area contributed by atoms with Crippen molar-refractivity contribution in [1.82, 2.24) is 0 Å². The van der Waals surface area contributed by atoms with Gasteiger partial charge in [-0.15, -0.1) is 0 Å². The van der Waals surface area contributed by atoms with Crippen LogP contribution < -0.4 is 11.5 Å². The minimum absolute atomic E-state index is 0.471. The van der Waals surface area contributed by atoms with Crippen molar-refractivity contribution in [2.45, 2.75) is 0 Å². The van der Waals surface area contributed by atoms with E-state index in [9.17, 15) is 0 Å².